The number of hydrogen-bond acceptors (Lipinski definition) is 2. The molecule has 0 unspecified atom stereocenters. The van der Waals surface area contributed by atoms with Crippen molar-refractivity contribution in [3.63, 3.8) is 0 Å². The SMILES string of the molecule is C.CC(C)(N)CC#CCN. The molecule has 0 fully saturated rings. The van der Waals surface area contributed by atoms with Crippen LogP contribution in [0.5, 0.6) is 0 Å². The lowest BCUT2D eigenvalue weighted by atomic mass is 10.0. The molecule has 0 aromatic heterocycles. The highest BCUT2D eigenvalue weighted by Gasteiger charge is 2.06. The number of rotatable bonds is 1. The third-order valence-electron chi connectivity index (χ3n) is 0.771. The maximum absolute atomic E-state index is 5.63. The minimum absolute atomic E-state index is 0. The van der Waals surface area contributed by atoms with Gasteiger partial charge in [0.1, 0.15) is 0 Å². The fourth-order valence-corrected chi connectivity index (χ4v) is 0.362. The molecule has 0 aromatic rings. The summed E-state index contributed by atoms with van der Waals surface area (Å²) in [7, 11) is 0. The first-order valence-corrected chi connectivity index (χ1v) is 3.01. The second-order valence-electron chi connectivity index (χ2n) is 2.72. The van der Waals surface area contributed by atoms with E-state index in [-0.39, 0.29) is 13.0 Å². The Bertz CT molecular complexity index is 122. The Morgan fingerprint density at radius 1 is 1.30 bits per heavy atom. The molecule has 0 spiro atoms. The topological polar surface area (TPSA) is 52.0 Å². The average molecular weight is 142 g/mol. The van der Waals surface area contributed by atoms with E-state index >= 15 is 0 Å². The molecule has 60 valence electrons. The molecule has 0 aromatic carbocycles. The van der Waals surface area contributed by atoms with Gasteiger partial charge in [-0.15, -0.1) is 5.92 Å². The molecular weight excluding hydrogens is 124 g/mol. The van der Waals surface area contributed by atoms with E-state index in [1.54, 1.807) is 0 Å². The van der Waals surface area contributed by atoms with Crippen LogP contribution in [0.25, 0.3) is 0 Å². The van der Waals surface area contributed by atoms with Crippen LogP contribution < -0.4 is 11.5 Å². The third-order valence-corrected chi connectivity index (χ3v) is 0.771. The fraction of sp³-hybridized carbons (Fsp3) is 0.750. The summed E-state index contributed by atoms with van der Waals surface area (Å²) in [5.74, 6) is 5.63. The third kappa shape index (κ3) is 10.5. The minimum atomic E-state index is -0.178. The summed E-state index contributed by atoms with van der Waals surface area (Å²) in [5, 5.41) is 0. The van der Waals surface area contributed by atoms with Gasteiger partial charge in [0, 0.05) is 12.0 Å². The second-order valence-corrected chi connectivity index (χ2v) is 2.72. The smallest absolute Gasteiger partial charge is 0.0551 e. The molecule has 4 N–H and O–H groups in total. The number of hydrogen-bond donors (Lipinski definition) is 2. The largest absolute Gasteiger partial charge is 0.325 e. The van der Waals surface area contributed by atoms with Gasteiger partial charge in [-0.05, 0) is 13.8 Å². The minimum Gasteiger partial charge on any atom is -0.325 e. The summed E-state index contributed by atoms with van der Waals surface area (Å²) < 4.78 is 0. The maximum Gasteiger partial charge on any atom is 0.0551 e. The van der Waals surface area contributed by atoms with Gasteiger partial charge in [0.15, 0.2) is 0 Å². The highest BCUT2D eigenvalue weighted by atomic mass is 14.7. The molecule has 0 heterocycles. The molecule has 0 saturated heterocycles. The maximum atomic E-state index is 5.63. The van der Waals surface area contributed by atoms with Gasteiger partial charge in [-0.25, -0.2) is 0 Å². The van der Waals surface area contributed by atoms with Crippen molar-refractivity contribution in [2.75, 3.05) is 6.54 Å². The lowest BCUT2D eigenvalue weighted by Gasteiger charge is -2.12. The summed E-state index contributed by atoms with van der Waals surface area (Å²) in [5.41, 5.74) is 10.6. The molecule has 10 heavy (non-hydrogen) atoms. The average Bonchev–Trinajstić information content (AvgIpc) is 1.63. The Kier molecular flexibility index (Phi) is 6.43. The normalized spacial score (nSPS) is 9.20. The van der Waals surface area contributed by atoms with Gasteiger partial charge >= 0.3 is 0 Å². The molecule has 0 rings (SSSR count). The predicted octanol–water partition coefficient (Wildman–Crippen LogP) is 0.712. The van der Waals surface area contributed by atoms with Crippen molar-refractivity contribution in [2.45, 2.75) is 33.2 Å². The molecular formula is C8H18N2. The summed E-state index contributed by atoms with van der Waals surface area (Å²) in [6.45, 7) is 4.31. The van der Waals surface area contributed by atoms with Crippen molar-refractivity contribution in [1.82, 2.24) is 0 Å². The van der Waals surface area contributed by atoms with Crippen molar-refractivity contribution in [2.24, 2.45) is 11.5 Å². The first kappa shape index (κ1) is 12.2. The van der Waals surface area contributed by atoms with Crippen LogP contribution in [0.3, 0.4) is 0 Å². The Labute approximate surface area is 64.0 Å². The molecule has 2 heteroatoms. The highest BCUT2D eigenvalue weighted by Crippen LogP contribution is 1.99. The highest BCUT2D eigenvalue weighted by molar-refractivity contribution is 5.03. The van der Waals surface area contributed by atoms with Gasteiger partial charge in [-0.3, -0.25) is 0 Å². The summed E-state index contributed by atoms with van der Waals surface area (Å²) in [6.07, 6.45) is 0.712. The van der Waals surface area contributed by atoms with Crippen LogP contribution >= 0.6 is 0 Å². The van der Waals surface area contributed by atoms with Crippen molar-refractivity contribution < 1.29 is 0 Å². The van der Waals surface area contributed by atoms with Gasteiger partial charge in [0.05, 0.1) is 6.54 Å². The molecule has 0 amide bonds. The van der Waals surface area contributed by atoms with Crippen LogP contribution in [0.4, 0.5) is 0 Å². The van der Waals surface area contributed by atoms with E-state index in [2.05, 4.69) is 11.8 Å². The molecule has 2 nitrogen and oxygen atoms in total. The zero-order valence-electron chi connectivity index (χ0n) is 6.07. The first-order valence-electron chi connectivity index (χ1n) is 3.01. The summed E-state index contributed by atoms with van der Waals surface area (Å²) in [4.78, 5) is 0. The van der Waals surface area contributed by atoms with E-state index in [0.29, 0.717) is 13.0 Å². The van der Waals surface area contributed by atoms with Gasteiger partial charge in [0.2, 0.25) is 0 Å². The van der Waals surface area contributed by atoms with E-state index in [1.165, 1.54) is 0 Å². The quantitative estimate of drug-likeness (QED) is 0.530. The summed E-state index contributed by atoms with van der Waals surface area (Å²) >= 11 is 0. The van der Waals surface area contributed by atoms with Crippen molar-refractivity contribution in [3.05, 3.63) is 0 Å². The second kappa shape index (κ2) is 5.28. The first-order chi connectivity index (χ1) is 4.06. The van der Waals surface area contributed by atoms with Crippen LogP contribution in [0.1, 0.15) is 27.7 Å². The predicted molar refractivity (Wildman–Crippen MR) is 46.4 cm³/mol. The van der Waals surface area contributed by atoms with Crippen molar-refractivity contribution >= 4 is 0 Å². The van der Waals surface area contributed by atoms with Crippen LogP contribution in [0.2, 0.25) is 0 Å². The Balaban J connectivity index is 0. The standard InChI is InChI=1S/C7H14N2.CH4/c1-7(2,9)5-3-4-6-8;/h5-6,8-9H2,1-2H3;1H4. The van der Waals surface area contributed by atoms with Crippen LogP contribution in [-0.4, -0.2) is 12.1 Å². The Morgan fingerprint density at radius 2 is 1.80 bits per heavy atom. The van der Waals surface area contributed by atoms with E-state index in [4.69, 9.17) is 11.5 Å². The van der Waals surface area contributed by atoms with Crippen LogP contribution in [-0.2, 0) is 0 Å². The molecule has 0 atom stereocenters. The van der Waals surface area contributed by atoms with Crippen molar-refractivity contribution in [1.29, 1.82) is 0 Å². The van der Waals surface area contributed by atoms with Crippen LogP contribution in [0.15, 0.2) is 0 Å². The lowest BCUT2D eigenvalue weighted by molar-refractivity contribution is 0.536. The molecule has 0 radical (unpaired) electrons. The van der Waals surface area contributed by atoms with Gasteiger partial charge in [-0.2, -0.15) is 0 Å². The monoisotopic (exact) mass is 142 g/mol. The number of nitrogens with two attached hydrogens (primary N) is 2. The van der Waals surface area contributed by atoms with E-state index in [1.807, 2.05) is 13.8 Å². The Hall–Kier alpha value is -0.520. The zero-order valence-corrected chi connectivity index (χ0v) is 6.07. The van der Waals surface area contributed by atoms with E-state index in [9.17, 15) is 0 Å². The van der Waals surface area contributed by atoms with E-state index in [0.717, 1.165) is 0 Å². The Morgan fingerprint density at radius 3 is 2.10 bits per heavy atom. The lowest BCUT2D eigenvalue weighted by Crippen LogP contribution is -2.30. The molecule has 0 bridgehead atoms. The fourth-order valence-electron chi connectivity index (χ4n) is 0.362. The van der Waals surface area contributed by atoms with E-state index < -0.39 is 0 Å². The van der Waals surface area contributed by atoms with Crippen LogP contribution in [0, 0.1) is 11.8 Å². The summed E-state index contributed by atoms with van der Waals surface area (Å²) in [6, 6.07) is 0. The zero-order chi connectivity index (χ0) is 7.33. The molecule has 0 aliphatic heterocycles. The molecule has 0 saturated carbocycles. The van der Waals surface area contributed by atoms with Gasteiger partial charge in [0.25, 0.3) is 0 Å². The molecule has 0 aliphatic carbocycles. The van der Waals surface area contributed by atoms with Gasteiger partial charge in [-0.1, -0.05) is 13.3 Å². The van der Waals surface area contributed by atoms with Gasteiger partial charge < -0.3 is 11.5 Å². The van der Waals surface area contributed by atoms with Crippen molar-refractivity contribution in [3.8, 4) is 11.8 Å². The molecule has 0 aliphatic rings.